The highest BCUT2D eigenvalue weighted by molar-refractivity contribution is 7.88. The van der Waals surface area contributed by atoms with E-state index in [1.807, 2.05) is 0 Å². The van der Waals surface area contributed by atoms with Crippen LogP contribution in [0.2, 0.25) is 0 Å². The molecule has 0 spiro atoms. The zero-order chi connectivity index (χ0) is 28.9. The van der Waals surface area contributed by atoms with Crippen LogP contribution in [0.1, 0.15) is 29.5 Å². The van der Waals surface area contributed by atoms with Gasteiger partial charge in [0.15, 0.2) is 5.76 Å². The summed E-state index contributed by atoms with van der Waals surface area (Å²) < 4.78 is 183. The summed E-state index contributed by atoms with van der Waals surface area (Å²) in [4.78, 5) is 0. The molecule has 2 aromatic rings. The third-order valence-corrected chi connectivity index (χ3v) is 6.85. The molecule has 3 rings (SSSR count). The monoisotopic (exact) mass is 584 g/mol. The fourth-order valence-electron chi connectivity index (χ4n) is 3.62. The fraction of sp³-hybridized carbons (Fsp3) is 0.364. The van der Waals surface area contributed by atoms with Crippen molar-refractivity contribution in [2.45, 2.75) is 42.5 Å². The van der Waals surface area contributed by atoms with Gasteiger partial charge >= 0.3 is 33.4 Å². The van der Waals surface area contributed by atoms with Crippen LogP contribution in [-0.2, 0) is 20.7 Å². The molecule has 1 aliphatic rings. The third-order valence-electron chi connectivity index (χ3n) is 5.58. The first-order valence-electron chi connectivity index (χ1n) is 10.3. The molecule has 0 amide bonds. The number of hydrogen-bond acceptors (Lipinski definition) is 4. The van der Waals surface area contributed by atoms with Gasteiger partial charge in [-0.1, -0.05) is 0 Å². The summed E-state index contributed by atoms with van der Waals surface area (Å²) >= 11 is 0. The number of fused-ring (bicyclic) bond motifs is 1. The van der Waals surface area contributed by atoms with E-state index in [0.29, 0.717) is 12.1 Å². The molecule has 0 atom stereocenters. The van der Waals surface area contributed by atoms with Crippen molar-refractivity contribution >= 4 is 21.5 Å². The summed E-state index contributed by atoms with van der Waals surface area (Å²) in [5.74, 6) is -18.6. The molecule has 0 fully saturated rings. The van der Waals surface area contributed by atoms with E-state index < -0.39 is 73.9 Å². The third kappa shape index (κ3) is 4.78. The van der Waals surface area contributed by atoms with Crippen molar-refractivity contribution in [3.8, 4) is 5.75 Å². The van der Waals surface area contributed by atoms with Gasteiger partial charge in [0.1, 0.15) is 17.4 Å². The lowest BCUT2D eigenvalue weighted by Gasteiger charge is -2.33. The number of allylic oxidation sites excluding steroid dienone is 1. The minimum atomic E-state index is -7.54. The topological polar surface area (TPSA) is 52.6 Å². The summed E-state index contributed by atoms with van der Waals surface area (Å²) in [6.07, 6.45) is -7.63. The van der Waals surface area contributed by atoms with Crippen LogP contribution in [0, 0.1) is 11.6 Å². The Morgan fingerprint density at radius 3 is 1.95 bits per heavy atom. The first-order chi connectivity index (χ1) is 17.3. The number of halogens is 11. The molecular weight excluding hydrogens is 569 g/mol. The molecule has 0 heterocycles. The minimum absolute atomic E-state index is 0.0183. The molecule has 0 saturated carbocycles. The zero-order valence-electron chi connectivity index (χ0n) is 18.8. The van der Waals surface area contributed by atoms with Crippen LogP contribution in [-0.4, -0.2) is 38.8 Å². The van der Waals surface area contributed by atoms with E-state index in [2.05, 4.69) is 4.18 Å². The fourth-order valence-corrected chi connectivity index (χ4v) is 4.58. The van der Waals surface area contributed by atoms with E-state index in [-0.39, 0.29) is 24.2 Å². The lowest BCUT2D eigenvalue weighted by molar-refractivity contribution is -0.382. The smallest absolute Gasteiger partial charge is 0.460 e. The maximum Gasteiger partial charge on any atom is 0.460 e. The highest BCUT2D eigenvalue weighted by Gasteiger charge is 2.86. The summed E-state index contributed by atoms with van der Waals surface area (Å²) in [7, 11) is -6.12. The van der Waals surface area contributed by atoms with Crippen LogP contribution < -0.4 is 4.74 Å². The van der Waals surface area contributed by atoms with Crippen molar-refractivity contribution in [2.75, 3.05) is 7.11 Å². The van der Waals surface area contributed by atoms with E-state index in [9.17, 15) is 56.7 Å². The van der Waals surface area contributed by atoms with E-state index >= 15 is 0 Å². The Morgan fingerprint density at radius 2 is 1.39 bits per heavy atom. The van der Waals surface area contributed by atoms with Crippen LogP contribution >= 0.6 is 0 Å². The number of hydrogen-bond donors (Lipinski definition) is 0. The second-order valence-electron chi connectivity index (χ2n) is 8.01. The lowest BCUT2D eigenvalue weighted by atomic mass is 9.98. The predicted octanol–water partition coefficient (Wildman–Crippen LogP) is 6.95. The standard InChI is InChI=1S/C22H15F11O4S/c1-36-13-6-8-14-11(9-13)3-2-4-16(15-7-5-12(23)10-17(15)24)18(14)37-38(34,35)22(32,33)20(27,28)19(25,26)21(29,30)31/h5-10H,2-4H2,1H3. The van der Waals surface area contributed by atoms with Crippen molar-refractivity contribution in [1.82, 2.24) is 0 Å². The van der Waals surface area contributed by atoms with Crippen molar-refractivity contribution in [3.05, 3.63) is 64.7 Å². The van der Waals surface area contributed by atoms with Gasteiger partial charge in [-0.25, -0.2) is 8.78 Å². The summed E-state index contributed by atoms with van der Waals surface area (Å²) in [5.41, 5.74) is -1.55. The molecule has 1 aliphatic carbocycles. The molecule has 0 radical (unpaired) electrons. The highest BCUT2D eigenvalue weighted by atomic mass is 32.2. The van der Waals surface area contributed by atoms with Crippen molar-refractivity contribution < 1.29 is 65.6 Å². The van der Waals surface area contributed by atoms with Crippen LogP contribution in [0.15, 0.2) is 36.4 Å². The molecule has 2 aromatic carbocycles. The van der Waals surface area contributed by atoms with Crippen LogP contribution in [0.25, 0.3) is 11.3 Å². The Hall–Kier alpha value is -3.04. The Bertz CT molecular complexity index is 1370. The Kier molecular flexibility index (Phi) is 7.46. The van der Waals surface area contributed by atoms with Crippen LogP contribution in [0.5, 0.6) is 5.75 Å². The number of rotatable bonds is 7. The molecule has 0 saturated heterocycles. The second kappa shape index (κ2) is 9.61. The van der Waals surface area contributed by atoms with Gasteiger partial charge in [0.2, 0.25) is 0 Å². The average Bonchev–Trinajstić information content (AvgIpc) is 2.96. The first kappa shape index (κ1) is 29.5. The molecule has 4 nitrogen and oxygen atoms in total. The highest BCUT2D eigenvalue weighted by Crippen LogP contribution is 2.55. The molecule has 38 heavy (non-hydrogen) atoms. The van der Waals surface area contributed by atoms with E-state index in [1.165, 1.54) is 13.2 Å². The molecule has 0 N–H and O–H groups in total. The first-order valence-corrected chi connectivity index (χ1v) is 11.7. The van der Waals surface area contributed by atoms with Gasteiger partial charge in [0.25, 0.3) is 0 Å². The van der Waals surface area contributed by atoms with E-state index in [0.717, 1.165) is 18.2 Å². The van der Waals surface area contributed by atoms with E-state index in [1.54, 1.807) is 0 Å². The van der Waals surface area contributed by atoms with Gasteiger partial charge in [-0.15, -0.1) is 0 Å². The second-order valence-corrected chi connectivity index (χ2v) is 9.60. The summed E-state index contributed by atoms with van der Waals surface area (Å²) in [5, 5.41) is -7.14. The number of ether oxygens (including phenoxy) is 1. The molecule has 210 valence electrons. The Balaban J connectivity index is 2.28. The normalized spacial score (nSPS) is 15.7. The molecule has 0 aliphatic heterocycles. The van der Waals surface area contributed by atoms with Crippen LogP contribution in [0.4, 0.5) is 48.3 Å². The Labute approximate surface area is 207 Å². The van der Waals surface area contributed by atoms with Gasteiger partial charge in [0.05, 0.1) is 7.11 Å². The molecule has 16 heteroatoms. The minimum Gasteiger partial charge on any atom is -0.497 e. The van der Waals surface area contributed by atoms with Gasteiger partial charge in [-0.05, 0) is 55.2 Å². The average molecular weight is 584 g/mol. The molecule has 0 bridgehead atoms. The largest absolute Gasteiger partial charge is 0.497 e. The van der Waals surface area contributed by atoms with Crippen molar-refractivity contribution in [1.29, 1.82) is 0 Å². The van der Waals surface area contributed by atoms with Crippen LogP contribution in [0.3, 0.4) is 0 Å². The summed E-state index contributed by atoms with van der Waals surface area (Å²) in [6.45, 7) is 0. The number of alkyl halides is 9. The molecule has 0 unspecified atom stereocenters. The molecular formula is C22H15F11O4S. The predicted molar refractivity (Wildman–Crippen MR) is 110 cm³/mol. The van der Waals surface area contributed by atoms with Gasteiger partial charge in [0, 0.05) is 22.8 Å². The zero-order valence-corrected chi connectivity index (χ0v) is 19.6. The van der Waals surface area contributed by atoms with Crippen molar-refractivity contribution in [2.24, 2.45) is 0 Å². The van der Waals surface area contributed by atoms with E-state index in [4.69, 9.17) is 4.74 Å². The van der Waals surface area contributed by atoms with Gasteiger partial charge in [-0.2, -0.15) is 47.9 Å². The van der Waals surface area contributed by atoms with Gasteiger partial charge < -0.3 is 8.92 Å². The quantitative estimate of drug-likeness (QED) is 0.261. The number of benzene rings is 2. The van der Waals surface area contributed by atoms with Gasteiger partial charge in [-0.3, -0.25) is 0 Å². The molecule has 0 aromatic heterocycles. The SMILES string of the molecule is COc1ccc2c(c1)CCCC(c1ccc(F)cc1F)=C2OS(=O)(=O)C(F)(F)C(F)(F)C(F)(F)C(F)(F)F. The number of methoxy groups -OCH3 is 1. The number of aryl methyl sites for hydroxylation is 1. The Morgan fingerprint density at radius 1 is 0.789 bits per heavy atom. The lowest BCUT2D eigenvalue weighted by Crippen LogP contribution is -2.63. The summed E-state index contributed by atoms with van der Waals surface area (Å²) in [6, 6.07) is 5.12. The van der Waals surface area contributed by atoms with Crippen molar-refractivity contribution in [3.63, 3.8) is 0 Å². The maximum absolute atomic E-state index is 14.6. The maximum atomic E-state index is 14.6.